The van der Waals surface area contributed by atoms with Crippen LogP contribution < -0.4 is 5.56 Å². The number of aromatic amines is 1. The number of amides is 1. The van der Waals surface area contributed by atoms with E-state index in [0.717, 1.165) is 61.5 Å². The topological polar surface area (TPSA) is 69.3 Å². The van der Waals surface area contributed by atoms with Gasteiger partial charge in [0.15, 0.2) is 0 Å². The van der Waals surface area contributed by atoms with E-state index in [0.29, 0.717) is 13.0 Å². The highest BCUT2D eigenvalue weighted by molar-refractivity contribution is 7.18. The molecule has 1 saturated heterocycles. The normalized spacial score (nSPS) is 18.5. The van der Waals surface area contributed by atoms with Crippen LogP contribution in [0.2, 0.25) is 0 Å². The van der Waals surface area contributed by atoms with Crippen LogP contribution in [0.25, 0.3) is 10.2 Å². The van der Waals surface area contributed by atoms with E-state index < -0.39 is 0 Å². The molecule has 152 valence electrons. The predicted octanol–water partition coefficient (Wildman–Crippen LogP) is 2.94. The molecule has 1 fully saturated rings. The summed E-state index contributed by atoms with van der Waals surface area (Å²) in [6.45, 7) is 10.1. The minimum atomic E-state index is 0.0124. The fraction of sp³-hybridized carbons (Fsp3) is 0.667. The van der Waals surface area contributed by atoms with Gasteiger partial charge in [-0.1, -0.05) is 20.8 Å². The molecular formula is C21H30N4O2S. The lowest BCUT2D eigenvalue weighted by Crippen LogP contribution is -2.49. The van der Waals surface area contributed by atoms with Gasteiger partial charge in [0.05, 0.1) is 11.9 Å². The van der Waals surface area contributed by atoms with Gasteiger partial charge in [-0.3, -0.25) is 14.5 Å². The van der Waals surface area contributed by atoms with E-state index in [1.807, 2.05) is 4.90 Å². The van der Waals surface area contributed by atoms with Gasteiger partial charge < -0.3 is 9.88 Å². The number of piperazine rings is 1. The molecule has 0 atom stereocenters. The average Bonchev–Trinajstić information content (AvgIpc) is 2.99. The molecule has 0 aromatic carbocycles. The molecule has 0 unspecified atom stereocenters. The van der Waals surface area contributed by atoms with Crippen molar-refractivity contribution in [2.24, 2.45) is 5.41 Å². The summed E-state index contributed by atoms with van der Waals surface area (Å²) in [5, 5.41) is 0.820. The molecule has 1 aliphatic carbocycles. The second-order valence-electron chi connectivity index (χ2n) is 9.30. The van der Waals surface area contributed by atoms with Crippen molar-refractivity contribution in [2.75, 3.05) is 26.2 Å². The quantitative estimate of drug-likeness (QED) is 0.857. The number of nitrogens with zero attached hydrogens (tertiary/aromatic N) is 3. The molecule has 0 saturated carbocycles. The largest absolute Gasteiger partial charge is 0.340 e. The molecule has 2 aromatic heterocycles. The Morgan fingerprint density at radius 2 is 1.86 bits per heavy atom. The van der Waals surface area contributed by atoms with E-state index in [1.54, 1.807) is 11.3 Å². The van der Waals surface area contributed by atoms with Crippen molar-refractivity contribution in [1.82, 2.24) is 19.8 Å². The van der Waals surface area contributed by atoms with Gasteiger partial charge in [-0.05, 0) is 36.7 Å². The van der Waals surface area contributed by atoms with Crippen LogP contribution >= 0.6 is 11.3 Å². The molecule has 2 aliphatic rings. The van der Waals surface area contributed by atoms with Crippen LogP contribution in [-0.4, -0.2) is 51.9 Å². The summed E-state index contributed by atoms with van der Waals surface area (Å²) in [7, 11) is 0. The third-order valence-corrected chi connectivity index (χ3v) is 6.84. The Bertz CT molecular complexity index is 932. The van der Waals surface area contributed by atoms with Crippen molar-refractivity contribution in [3.05, 3.63) is 26.6 Å². The summed E-state index contributed by atoms with van der Waals surface area (Å²) < 4.78 is 0. The first-order valence-corrected chi connectivity index (χ1v) is 11.2. The van der Waals surface area contributed by atoms with Gasteiger partial charge in [0.1, 0.15) is 10.7 Å². The molecule has 7 heteroatoms. The van der Waals surface area contributed by atoms with Crippen LogP contribution in [0.5, 0.6) is 0 Å². The predicted molar refractivity (Wildman–Crippen MR) is 113 cm³/mol. The summed E-state index contributed by atoms with van der Waals surface area (Å²) in [4.78, 5) is 39.4. The van der Waals surface area contributed by atoms with E-state index in [-0.39, 0.29) is 16.9 Å². The van der Waals surface area contributed by atoms with Gasteiger partial charge >= 0.3 is 0 Å². The summed E-state index contributed by atoms with van der Waals surface area (Å²) in [5.41, 5.74) is 1.27. The average molecular weight is 403 g/mol. The maximum absolute atomic E-state index is 12.7. The van der Waals surface area contributed by atoms with Crippen molar-refractivity contribution < 1.29 is 4.79 Å². The Kier molecular flexibility index (Phi) is 5.31. The number of aromatic nitrogens is 2. The zero-order valence-corrected chi connectivity index (χ0v) is 18.0. The second kappa shape index (κ2) is 7.59. The van der Waals surface area contributed by atoms with Crippen LogP contribution in [0.1, 0.15) is 56.3 Å². The molecule has 1 N–H and O–H groups in total. The fourth-order valence-corrected chi connectivity index (χ4v) is 5.50. The highest BCUT2D eigenvalue weighted by Gasteiger charge is 2.25. The third-order valence-electron chi connectivity index (χ3n) is 5.65. The highest BCUT2D eigenvalue weighted by Crippen LogP contribution is 2.33. The van der Waals surface area contributed by atoms with E-state index in [2.05, 4.69) is 30.7 Å². The summed E-state index contributed by atoms with van der Waals surface area (Å²) in [6.07, 6.45) is 5.04. The lowest BCUT2D eigenvalue weighted by molar-refractivity contribution is -0.134. The van der Waals surface area contributed by atoms with Crippen molar-refractivity contribution in [2.45, 2.75) is 59.4 Å². The van der Waals surface area contributed by atoms with Crippen LogP contribution in [0.4, 0.5) is 0 Å². The summed E-state index contributed by atoms with van der Waals surface area (Å²) in [6, 6.07) is 0. The van der Waals surface area contributed by atoms with E-state index in [4.69, 9.17) is 4.98 Å². The van der Waals surface area contributed by atoms with Gasteiger partial charge in [-0.25, -0.2) is 4.98 Å². The molecule has 2 aromatic rings. The second-order valence-corrected chi connectivity index (χ2v) is 10.4. The molecule has 3 heterocycles. The first-order chi connectivity index (χ1) is 13.3. The molecule has 28 heavy (non-hydrogen) atoms. The molecule has 0 spiro atoms. The fourth-order valence-electron chi connectivity index (χ4n) is 4.22. The van der Waals surface area contributed by atoms with Crippen molar-refractivity contribution in [1.29, 1.82) is 0 Å². The van der Waals surface area contributed by atoms with Gasteiger partial charge in [0.2, 0.25) is 5.91 Å². The number of nitrogens with one attached hydrogen (secondary N) is 1. The molecule has 1 amide bonds. The Labute approximate surface area is 169 Å². The van der Waals surface area contributed by atoms with Gasteiger partial charge in [-0.15, -0.1) is 11.3 Å². The molecule has 1 aliphatic heterocycles. The van der Waals surface area contributed by atoms with Crippen molar-refractivity contribution >= 4 is 27.5 Å². The number of fused-ring (bicyclic) bond motifs is 3. The van der Waals surface area contributed by atoms with Gasteiger partial charge in [0, 0.05) is 37.5 Å². The maximum Gasteiger partial charge on any atom is 0.259 e. The standard InChI is InChI=1S/C21H30N4O2S/c1-21(2,3)12-17(26)25-10-8-24(9-11-25)13-16-22-19(27)18-14-6-4-5-7-15(14)28-20(18)23-16/h4-13H2,1-3H3,(H,22,23,27). The first kappa shape index (κ1) is 19.6. The minimum absolute atomic E-state index is 0.0124. The van der Waals surface area contributed by atoms with E-state index >= 15 is 0 Å². The van der Waals surface area contributed by atoms with Crippen LogP contribution in [-0.2, 0) is 24.2 Å². The van der Waals surface area contributed by atoms with Crippen molar-refractivity contribution in [3.8, 4) is 0 Å². The smallest absolute Gasteiger partial charge is 0.259 e. The highest BCUT2D eigenvalue weighted by atomic mass is 32.1. The molecule has 6 nitrogen and oxygen atoms in total. The van der Waals surface area contributed by atoms with Crippen LogP contribution in [0, 0.1) is 5.41 Å². The number of rotatable bonds is 3. The first-order valence-electron chi connectivity index (χ1n) is 10.3. The number of carbonyl (C=O) groups is 1. The molecule has 0 radical (unpaired) electrons. The number of aryl methyl sites for hydroxylation is 2. The zero-order valence-electron chi connectivity index (χ0n) is 17.1. The Morgan fingerprint density at radius 3 is 2.57 bits per heavy atom. The van der Waals surface area contributed by atoms with Gasteiger partial charge in [0.25, 0.3) is 5.56 Å². The minimum Gasteiger partial charge on any atom is -0.340 e. The van der Waals surface area contributed by atoms with E-state index in [1.165, 1.54) is 16.9 Å². The molecule has 4 rings (SSSR count). The SMILES string of the molecule is CC(C)(C)CC(=O)N1CCN(Cc2nc3sc4c(c3c(=O)[nH]2)CCCC4)CC1. The number of H-pyrrole nitrogens is 1. The Morgan fingerprint density at radius 1 is 1.14 bits per heavy atom. The summed E-state index contributed by atoms with van der Waals surface area (Å²) >= 11 is 1.70. The monoisotopic (exact) mass is 402 g/mol. The summed E-state index contributed by atoms with van der Waals surface area (Å²) in [5.74, 6) is 0.981. The third kappa shape index (κ3) is 4.15. The number of carbonyl (C=O) groups excluding carboxylic acids is 1. The number of hydrogen-bond acceptors (Lipinski definition) is 5. The van der Waals surface area contributed by atoms with Gasteiger partial charge in [-0.2, -0.15) is 0 Å². The van der Waals surface area contributed by atoms with E-state index in [9.17, 15) is 9.59 Å². The van der Waals surface area contributed by atoms with Crippen LogP contribution in [0.15, 0.2) is 4.79 Å². The number of thiophene rings is 1. The zero-order chi connectivity index (χ0) is 19.9. The molecular weight excluding hydrogens is 372 g/mol. The lowest BCUT2D eigenvalue weighted by atomic mass is 9.91. The lowest BCUT2D eigenvalue weighted by Gasteiger charge is -2.35. The Balaban J connectivity index is 1.42. The van der Waals surface area contributed by atoms with Crippen LogP contribution in [0.3, 0.4) is 0 Å². The maximum atomic E-state index is 12.7. The van der Waals surface area contributed by atoms with Crippen molar-refractivity contribution in [3.63, 3.8) is 0 Å². The molecule has 0 bridgehead atoms. The Hall–Kier alpha value is -1.73. The number of hydrogen-bond donors (Lipinski definition) is 1.